The first-order valence-corrected chi connectivity index (χ1v) is 17.3. The zero-order chi connectivity index (χ0) is 25.9. The van der Waals surface area contributed by atoms with Crippen molar-refractivity contribution in [1.82, 2.24) is 0 Å². The molecule has 0 aliphatic rings. The van der Waals surface area contributed by atoms with Crippen LogP contribution in [0.2, 0.25) is 6.32 Å². The summed E-state index contributed by atoms with van der Waals surface area (Å²) in [4.78, 5) is 0. The number of hydrogen-bond acceptors (Lipinski definition) is 0. The lowest BCUT2D eigenvalue weighted by molar-refractivity contribution is 0.623. The van der Waals surface area contributed by atoms with Crippen molar-refractivity contribution >= 4 is 29.8 Å². The monoisotopic (exact) mass is 488 g/mol. The standard InChI is InChI=1S/C29H38B.C4H12P/c1-5-6-7-8-9-10-23-30(27-17-11-24(2)12-18-27,28-19-13-25(3)14-20-28)29-21-15-26(4)16-22-29;1-5(2,3)4/h11-22H,5-10,23H2,1-4H3;1-4H3/q-1;+1. The van der Waals surface area contributed by atoms with Gasteiger partial charge in [-0.3, -0.25) is 0 Å². The predicted octanol–water partition coefficient (Wildman–Crippen LogP) is 7.97. The SMILES string of the molecule is CCCCCCCC[B-](c1ccc(C)cc1)(c1ccc(C)cc1)c1ccc(C)cc1.C[P+](C)(C)C. The number of hydrogen-bond donors (Lipinski definition) is 0. The summed E-state index contributed by atoms with van der Waals surface area (Å²) in [5.74, 6) is 0. The van der Waals surface area contributed by atoms with E-state index in [1.54, 1.807) is 0 Å². The third kappa shape index (κ3) is 9.61. The average Bonchev–Trinajstić information content (AvgIpc) is 2.80. The van der Waals surface area contributed by atoms with Crippen molar-refractivity contribution in [2.75, 3.05) is 26.7 Å². The lowest BCUT2D eigenvalue weighted by Crippen LogP contribution is -2.67. The van der Waals surface area contributed by atoms with Gasteiger partial charge < -0.3 is 0 Å². The largest absolute Gasteiger partial charge is 0.200 e. The van der Waals surface area contributed by atoms with Crippen molar-refractivity contribution in [2.45, 2.75) is 72.5 Å². The quantitative estimate of drug-likeness (QED) is 0.154. The van der Waals surface area contributed by atoms with Gasteiger partial charge in [0, 0.05) is 33.9 Å². The molecule has 0 nitrogen and oxygen atoms in total. The molecule has 0 N–H and O–H groups in total. The molecule has 0 spiro atoms. The molecule has 0 radical (unpaired) electrons. The number of aryl methyl sites for hydroxylation is 3. The van der Waals surface area contributed by atoms with Crippen LogP contribution in [0.5, 0.6) is 0 Å². The molecule has 2 heteroatoms. The molecule has 0 saturated carbocycles. The van der Waals surface area contributed by atoms with E-state index in [1.807, 2.05) is 0 Å². The molecule has 35 heavy (non-hydrogen) atoms. The third-order valence-electron chi connectivity index (χ3n) is 6.93. The number of benzene rings is 3. The molecule has 0 aromatic heterocycles. The summed E-state index contributed by atoms with van der Waals surface area (Å²) in [7, 11) is -0.389. The second kappa shape index (κ2) is 14.0. The highest BCUT2D eigenvalue weighted by molar-refractivity contribution is 7.73. The smallest absolute Gasteiger partial charge is 0.0814 e. The summed E-state index contributed by atoms with van der Waals surface area (Å²) < 4.78 is 0. The molecule has 3 aromatic rings. The molecule has 0 aliphatic carbocycles. The maximum absolute atomic E-state index is 2.38. The molecule has 0 amide bonds. The Hall–Kier alpha value is -1.85. The molecule has 0 bridgehead atoms. The van der Waals surface area contributed by atoms with E-state index >= 15 is 0 Å². The fourth-order valence-electron chi connectivity index (χ4n) is 4.99. The molecule has 190 valence electrons. The van der Waals surface area contributed by atoms with Crippen molar-refractivity contribution in [1.29, 1.82) is 0 Å². The van der Waals surface area contributed by atoms with Crippen LogP contribution in [-0.2, 0) is 0 Å². The van der Waals surface area contributed by atoms with E-state index in [-0.39, 0.29) is 7.26 Å². The van der Waals surface area contributed by atoms with Crippen LogP contribution in [0.1, 0.15) is 62.1 Å². The van der Waals surface area contributed by atoms with Gasteiger partial charge in [0.1, 0.15) is 0 Å². The minimum absolute atomic E-state index is 0.389. The van der Waals surface area contributed by atoms with E-state index in [0.29, 0.717) is 0 Å². The van der Waals surface area contributed by atoms with Gasteiger partial charge in [0.15, 0.2) is 0 Å². The van der Waals surface area contributed by atoms with E-state index in [2.05, 4.69) is 127 Å². The van der Waals surface area contributed by atoms with Crippen molar-refractivity contribution in [3.05, 3.63) is 89.5 Å². The molecule has 0 unspecified atom stereocenters. The zero-order valence-corrected chi connectivity index (χ0v) is 24.8. The molecule has 0 saturated heterocycles. The van der Waals surface area contributed by atoms with Crippen LogP contribution in [0.4, 0.5) is 0 Å². The normalized spacial score (nSPS) is 11.7. The van der Waals surface area contributed by atoms with Gasteiger partial charge in [-0.05, 0) is 20.8 Å². The Bertz CT molecular complexity index is 862. The third-order valence-corrected chi connectivity index (χ3v) is 6.93. The first kappa shape index (κ1) is 29.4. The topological polar surface area (TPSA) is 0 Å². The van der Waals surface area contributed by atoms with E-state index in [1.165, 1.54) is 77.9 Å². The minimum atomic E-state index is -0.981. The van der Waals surface area contributed by atoms with Crippen molar-refractivity contribution in [3.8, 4) is 0 Å². The fourth-order valence-corrected chi connectivity index (χ4v) is 4.99. The van der Waals surface area contributed by atoms with Crippen LogP contribution in [0, 0.1) is 20.8 Å². The minimum Gasteiger partial charge on any atom is -0.200 e. The lowest BCUT2D eigenvalue weighted by Gasteiger charge is -2.43. The maximum atomic E-state index is 2.38. The summed E-state index contributed by atoms with van der Waals surface area (Å²) in [6.45, 7) is 18.0. The van der Waals surface area contributed by atoms with E-state index in [9.17, 15) is 0 Å². The summed E-state index contributed by atoms with van der Waals surface area (Å²) in [5.41, 5.74) is 8.41. The molecular weight excluding hydrogens is 438 g/mol. The highest BCUT2D eigenvalue weighted by Gasteiger charge is 2.29. The first-order valence-electron chi connectivity index (χ1n) is 13.7. The van der Waals surface area contributed by atoms with Crippen LogP contribution in [0.25, 0.3) is 0 Å². The Balaban J connectivity index is 0.000000784. The lowest BCUT2D eigenvalue weighted by atomic mass is 9.14. The van der Waals surface area contributed by atoms with Crippen LogP contribution >= 0.6 is 7.26 Å². The molecule has 3 rings (SSSR count). The second-order valence-electron chi connectivity index (χ2n) is 12.0. The van der Waals surface area contributed by atoms with Crippen LogP contribution in [-0.4, -0.2) is 32.8 Å². The van der Waals surface area contributed by atoms with Crippen LogP contribution in [0.3, 0.4) is 0 Å². The summed E-state index contributed by atoms with van der Waals surface area (Å²) in [6.07, 6.45) is 8.23. The van der Waals surface area contributed by atoms with Gasteiger partial charge in [-0.15, -0.1) is 0 Å². The van der Waals surface area contributed by atoms with Gasteiger partial charge in [0.25, 0.3) is 0 Å². The van der Waals surface area contributed by atoms with Gasteiger partial charge in [0.2, 0.25) is 0 Å². The molecule has 3 aromatic carbocycles. The van der Waals surface area contributed by atoms with E-state index in [0.717, 1.165) is 0 Å². The highest BCUT2D eigenvalue weighted by atomic mass is 31.2. The molecule has 0 heterocycles. The number of rotatable bonds is 10. The molecule has 0 fully saturated rings. The molecule has 0 atom stereocenters. The van der Waals surface area contributed by atoms with Gasteiger partial charge in [-0.1, -0.05) is 135 Å². The van der Waals surface area contributed by atoms with Gasteiger partial charge >= 0.3 is 0 Å². The first-order chi connectivity index (χ1) is 16.6. The van der Waals surface area contributed by atoms with Crippen LogP contribution in [0.15, 0.2) is 72.8 Å². The number of unbranched alkanes of at least 4 members (excludes halogenated alkanes) is 5. The Morgan fingerprint density at radius 3 is 1.09 bits per heavy atom. The second-order valence-corrected chi connectivity index (χ2v) is 17.4. The Morgan fingerprint density at radius 2 is 0.771 bits per heavy atom. The fraction of sp³-hybridized carbons (Fsp3) is 0.455. The zero-order valence-electron chi connectivity index (χ0n) is 23.9. The Labute approximate surface area is 218 Å². The molecular formula is C33H50BP. The van der Waals surface area contributed by atoms with Crippen molar-refractivity contribution in [3.63, 3.8) is 0 Å². The Morgan fingerprint density at radius 1 is 0.486 bits per heavy atom. The molecule has 0 aliphatic heterocycles. The Kier molecular flexibility index (Phi) is 11.8. The van der Waals surface area contributed by atoms with Crippen LogP contribution < -0.4 is 16.4 Å². The summed E-state index contributed by atoms with van der Waals surface area (Å²) >= 11 is 0. The maximum Gasteiger partial charge on any atom is 0.0814 e. The van der Waals surface area contributed by atoms with Crippen molar-refractivity contribution in [2.24, 2.45) is 0 Å². The van der Waals surface area contributed by atoms with E-state index < -0.39 is 6.15 Å². The van der Waals surface area contributed by atoms with E-state index in [4.69, 9.17) is 0 Å². The van der Waals surface area contributed by atoms with Gasteiger partial charge in [-0.2, -0.15) is 22.7 Å². The predicted molar refractivity (Wildman–Crippen MR) is 167 cm³/mol. The van der Waals surface area contributed by atoms with Gasteiger partial charge in [0.05, 0.1) is 6.15 Å². The van der Waals surface area contributed by atoms with Crippen molar-refractivity contribution < 1.29 is 0 Å². The average molecular weight is 489 g/mol. The summed E-state index contributed by atoms with van der Waals surface area (Å²) in [6, 6.07) is 28.0. The van der Waals surface area contributed by atoms with Gasteiger partial charge in [-0.25, -0.2) is 0 Å². The summed E-state index contributed by atoms with van der Waals surface area (Å²) in [5, 5.41) is 0. The highest BCUT2D eigenvalue weighted by Crippen LogP contribution is 2.40.